The minimum Gasteiger partial charge on any atom is -0.378 e. The Morgan fingerprint density at radius 3 is 2.94 bits per heavy atom. The number of hydrogen-bond acceptors (Lipinski definition) is 5. The van der Waals surface area contributed by atoms with E-state index in [0.29, 0.717) is 11.3 Å². The Morgan fingerprint density at radius 1 is 1.53 bits per heavy atom. The largest absolute Gasteiger partial charge is 0.378 e. The van der Waals surface area contributed by atoms with Crippen LogP contribution in [-0.2, 0) is 0 Å². The number of aromatic nitrogens is 1. The number of nitrogens with one attached hydrogen (secondary N) is 1. The predicted octanol–water partition coefficient (Wildman–Crippen LogP) is 2.69. The number of rotatable bonds is 4. The van der Waals surface area contributed by atoms with E-state index in [1.54, 1.807) is 6.07 Å². The number of hydrogen-bond donors (Lipinski definition) is 1. The number of thioether (sulfide) groups is 1. The molecule has 2 unspecified atom stereocenters. The summed E-state index contributed by atoms with van der Waals surface area (Å²) in [4.78, 5) is 13.8. The minimum absolute atomic E-state index is 0.108. The maximum absolute atomic E-state index is 10.5. The van der Waals surface area contributed by atoms with Gasteiger partial charge in [0.05, 0.1) is 5.69 Å². The van der Waals surface area contributed by atoms with Gasteiger partial charge in [0.1, 0.15) is 0 Å². The van der Waals surface area contributed by atoms with Crippen LogP contribution in [-0.4, -0.2) is 27.5 Å². The maximum Gasteiger partial charge on any atom is 0.363 e. The minimum atomic E-state index is -0.482. The molecule has 1 aromatic rings. The van der Waals surface area contributed by atoms with Crippen LogP contribution in [0.4, 0.5) is 11.5 Å². The van der Waals surface area contributed by atoms with Gasteiger partial charge < -0.3 is 15.4 Å². The van der Waals surface area contributed by atoms with Gasteiger partial charge in [-0.25, -0.2) is 0 Å². The van der Waals surface area contributed by atoms with Crippen molar-refractivity contribution in [2.24, 2.45) is 0 Å². The number of pyridine rings is 1. The summed E-state index contributed by atoms with van der Waals surface area (Å²) in [6.45, 7) is 0. The highest BCUT2D eigenvalue weighted by Gasteiger charge is 2.26. The summed E-state index contributed by atoms with van der Waals surface area (Å²) < 4.78 is 0. The maximum atomic E-state index is 10.5. The lowest BCUT2D eigenvalue weighted by Crippen LogP contribution is -2.25. The van der Waals surface area contributed by atoms with Crippen molar-refractivity contribution < 1.29 is 4.92 Å². The van der Waals surface area contributed by atoms with Gasteiger partial charge in [0.25, 0.3) is 0 Å². The second kappa shape index (κ2) is 5.35. The first kappa shape index (κ1) is 12.2. The number of anilines is 1. The van der Waals surface area contributed by atoms with E-state index in [9.17, 15) is 10.1 Å². The third-order valence-corrected chi connectivity index (χ3v) is 4.21. The molecule has 0 bridgehead atoms. The van der Waals surface area contributed by atoms with Crippen LogP contribution in [0.3, 0.4) is 0 Å². The highest BCUT2D eigenvalue weighted by atomic mass is 32.2. The molecule has 0 radical (unpaired) electrons. The Bertz CT molecular complexity index is 396. The van der Waals surface area contributed by atoms with Gasteiger partial charge in [0.2, 0.25) is 0 Å². The first-order valence-corrected chi connectivity index (χ1v) is 6.89. The monoisotopic (exact) mass is 253 g/mol. The van der Waals surface area contributed by atoms with Gasteiger partial charge in [0, 0.05) is 17.4 Å². The molecular formula is C11H15N3O2S. The molecule has 17 heavy (non-hydrogen) atoms. The second-order valence-corrected chi connectivity index (χ2v) is 5.19. The molecule has 5 nitrogen and oxygen atoms in total. The van der Waals surface area contributed by atoms with Gasteiger partial charge in [0.15, 0.2) is 6.20 Å². The molecule has 1 N–H and O–H groups in total. The van der Waals surface area contributed by atoms with Crippen LogP contribution in [0.25, 0.3) is 0 Å². The standard InChI is InChI=1S/C11H15N3O2S/c1-17-10-4-2-3-9(10)13-8-5-6-11(12-7-8)14(15)16/h5-7,9-10,13H,2-4H2,1H3. The molecule has 0 aromatic carbocycles. The molecule has 2 atom stereocenters. The summed E-state index contributed by atoms with van der Waals surface area (Å²) in [5.74, 6) is -0.108. The Morgan fingerprint density at radius 2 is 2.35 bits per heavy atom. The summed E-state index contributed by atoms with van der Waals surface area (Å²) >= 11 is 1.88. The van der Waals surface area contributed by atoms with Crippen molar-refractivity contribution in [3.8, 4) is 0 Å². The zero-order valence-electron chi connectivity index (χ0n) is 9.63. The third-order valence-electron chi connectivity index (χ3n) is 3.04. The van der Waals surface area contributed by atoms with Gasteiger partial charge in [-0.2, -0.15) is 11.8 Å². The van der Waals surface area contributed by atoms with E-state index >= 15 is 0 Å². The Balaban J connectivity index is 2.01. The van der Waals surface area contributed by atoms with Crippen LogP contribution in [0.1, 0.15) is 19.3 Å². The lowest BCUT2D eigenvalue weighted by atomic mass is 10.2. The molecule has 1 heterocycles. The fourth-order valence-electron chi connectivity index (χ4n) is 2.17. The summed E-state index contributed by atoms with van der Waals surface area (Å²) in [6, 6.07) is 3.61. The van der Waals surface area contributed by atoms with Crippen molar-refractivity contribution in [1.82, 2.24) is 4.98 Å². The summed E-state index contributed by atoms with van der Waals surface area (Å²) in [5.41, 5.74) is 0.863. The molecule has 0 aliphatic heterocycles. The fourth-order valence-corrected chi connectivity index (χ4v) is 3.10. The Kier molecular flexibility index (Phi) is 3.83. The smallest absolute Gasteiger partial charge is 0.363 e. The molecule has 6 heteroatoms. The van der Waals surface area contributed by atoms with Crippen molar-refractivity contribution >= 4 is 23.3 Å². The third kappa shape index (κ3) is 2.88. The molecule has 2 rings (SSSR count). The molecule has 0 saturated heterocycles. The van der Waals surface area contributed by atoms with Crippen molar-refractivity contribution in [3.63, 3.8) is 0 Å². The molecule has 1 fully saturated rings. The summed E-state index contributed by atoms with van der Waals surface area (Å²) in [6.07, 6.45) is 7.29. The van der Waals surface area contributed by atoms with Crippen molar-refractivity contribution in [3.05, 3.63) is 28.4 Å². The van der Waals surface area contributed by atoms with E-state index in [-0.39, 0.29) is 5.82 Å². The average Bonchev–Trinajstić information content (AvgIpc) is 2.77. The predicted molar refractivity (Wildman–Crippen MR) is 69.5 cm³/mol. The van der Waals surface area contributed by atoms with Crippen LogP contribution < -0.4 is 5.32 Å². The lowest BCUT2D eigenvalue weighted by molar-refractivity contribution is -0.389. The molecule has 0 amide bonds. The molecule has 1 aromatic heterocycles. The number of nitrogens with zero attached hydrogens (tertiary/aromatic N) is 2. The van der Waals surface area contributed by atoms with Gasteiger partial charge in [-0.1, -0.05) is 6.42 Å². The van der Waals surface area contributed by atoms with Crippen LogP contribution in [0.5, 0.6) is 0 Å². The van der Waals surface area contributed by atoms with E-state index in [1.165, 1.54) is 25.1 Å². The molecule has 1 aliphatic rings. The molecule has 0 spiro atoms. The molecule has 92 valence electrons. The van der Waals surface area contributed by atoms with E-state index < -0.39 is 4.92 Å². The Hall–Kier alpha value is -1.30. The van der Waals surface area contributed by atoms with Crippen molar-refractivity contribution in [2.45, 2.75) is 30.6 Å². The topological polar surface area (TPSA) is 68.1 Å². The molecule has 1 saturated carbocycles. The van der Waals surface area contributed by atoms with Crippen LogP contribution in [0, 0.1) is 10.1 Å². The first-order chi connectivity index (χ1) is 8.20. The molecular weight excluding hydrogens is 238 g/mol. The van der Waals surface area contributed by atoms with Gasteiger partial charge in [-0.3, -0.25) is 0 Å². The van der Waals surface area contributed by atoms with Crippen LogP contribution in [0.15, 0.2) is 18.3 Å². The van der Waals surface area contributed by atoms with Gasteiger partial charge >= 0.3 is 5.82 Å². The van der Waals surface area contributed by atoms with E-state index in [1.807, 2.05) is 11.8 Å². The average molecular weight is 253 g/mol. The van der Waals surface area contributed by atoms with Gasteiger partial charge in [-0.05, 0) is 35.1 Å². The molecule has 1 aliphatic carbocycles. The van der Waals surface area contributed by atoms with Crippen LogP contribution in [0.2, 0.25) is 0 Å². The normalized spacial score (nSPS) is 23.6. The number of nitro groups is 1. The fraction of sp³-hybridized carbons (Fsp3) is 0.545. The van der Waals surface area contributed by atoms with Crippen molar-refractivity contribution in [1.29, 1.82) is 0 Å². The van der Waals surface area contributed by atoms with Crippen LogP contribution >= 0.6 is 11.8 Å². The second-order valence-electron chi connectivity index (χ2n) is 4.12. The summed E-state index contributed by atoms with van der Waals surface area (Å²) in [7, 11) is 0. The quantitative estimate of drug-likeness (QED) is 0.660. The van der Waals surface area contributed by atoms with E-state index in [4.69, 9.17) is 0 Å². The lowest BCUT2D eigenvalue weighted by Gasteiger charge is -2.19. The van der Waals surface area contributed by atoms with E-state index in [2.05, 4.69) is 16.6 Å². The van der Waals surface area contributed by atoms with Gasteiger partial charge in [-0.15, -0.1) is 0 Å². The van der Waals surface area contributed by atoms with E-state index in [0.717, 1.165) is 12.1 Å². The first-order valence-electron chi connectivity index (χ1n) is 5.60. The zero-order chi connectivity index (χ0) is 12.3. The Labute approximate surface area is 104 Å². The zero-order valence-corrected chi connectivity index (χ0v) is 10.4. The van der Waals surface area contributed by atoms with Crippen molar-refractivity contribution in [2.75, 3.05) is 11.6 Å². The highest BCUT2D eigenvalue weighted by molar-refractivity contribution is 7.99. The SMILES string of the molecule is CSC1CCCC1Nc1ccc([N+](=O)[O-])nc1. The summed E-state index contributed by atoms with van der Waals surface area (Å²) in [5, 5.41) is 14.5. The highest BCUT2D eigenvalue weighted by Crippen LogP contribution is 2.30.